The normalized spacial score (nSPS) is 13.6. The Bertz CT molecular complexity index is 903. The summed E-state index contributed by atoms with van der Waals surface area (Å²) in [5.74, 6) is 0.334. The number of hydrogen-bond donors (Lipinski definition) is 1. The van der Waals surface area contributed by atoms with Gasteiger partial charge in [0.1, 0.15) is 0 Å². The first-order chi connectivity index (χ1) is 19.0. The van der Waals surface area contributed by atoms with Crippen LogP contribution in [0.2, 0.25) is 0 Å². The molecule has 0 bridgehead atoms. The first-order valence-corrected chi connectivity index (χ1v) is 16.4. The van der Waals surface area contributed by atoms with Gasteiger partial charge >= 0.3 is 0 Å². The van der Waals surface area contributed by atoms with Gasteiger partial charge in [-0.1, -0.05) is 70.3 Å². The fourth-order valence-corrected chi connectivity index (χ4v) is 6.42. The molecular weight excluding hydrogens is 502 g/mol. The number of thiophene rings is 1. The fraction of sp³-hybridized carbons (Fsp3) is 0.697. The number of nitrogens with zero attached hydrogens (tertiary/aromatic N) is 2. The Morgan fingerprint density at radius 3 is 2.31 bits per heavy atom. The number of rotatable bonds is 20. The van der Waals surface area contributed by atoms with Gasteiger partial charge in [-0.2, -0.15) is 0 Å². The molecule has 0 fully saturated rings. The van der Waals surface area contributed by atoms with E-state index in [2.05, 4.69) is 62.5 Å². The molecule has 0 atom stereocenters. The van der Waals surface area contributed by atoms with E-state index in [-0.39, 0.29) is 11.8 Å². The third kappa shape index (κ3) is 12.9. The summed E-state index contributed by atoms with van der Waals surface area (Å²) in [5, 5.41) is 3.12. The minimum absolute atomic E-state index is 0.0630. The van der Waals surface area contributed by atoms with E-state index in [4.69, 9.17) is 0 Å². The van der Waals surface area contributed by atoms with Gasteiger partial charge in [-0.05, 0) is 84.0 Å². The van der Waals surface area contributed by atoms with E-state index < -0.39 is 0 Å². The highest BCUT2D eigenvalue weighted by Crippen LogP contribution is 2.34. The molecule has 2 amide bonds. The van der Waals surface area contributed by atoms with Gasteiger partial charge in [0, 0.05) is 29.3 Å². The molecule has 1 aliphatic rings. The number of unbranched alkanes of at least 4 members (excludes halogenated alkanes) is 8. The molecule has 0 saturated carbocycles. The zero-order valence-corrected chi connectivity index (χ0v) is 26.2. The molecule has 0 radical (unpaired) electrons. The van der Waals surface area contributed by atoms with E-state index in [1.807, 2.05) is 4.90 Å². The quantitative estimate of drug-likeness (QED) is 0.132. The molecule has 6 heteroatoms. The van der Waals surface area contributed by atoms with E-state index in [9.17, 15) is 9.59 Å². The van der Waals surface area contributed by atoms with Gasteiger partial charge in [0.2, 0.25) is 5.91 Å². The molecule has 5 nitrogen and oxygen atoms in total. The van der Waals surface area contributed by atoms with Gasteiger partial charge in [-0.25, -0.2) is 0 Å². The molecule has 0 aromatic carbocycles. The zero-order chi connectivity index (χ0) is 28.3. The van der Waals surface area contributed by atoms with Crippen molar-refractivity contribution in [1.82, 2.24) is 15.1 Å². The first-order valence-electron chi connectivity index (χ1n) is 15.6. The third-order valence-electron chi connectivity index (χ3n) is 7.44. The van der Waals surface area contributed by atoms with E-state index in [0.29, 0.717) is 19.5 Å². The second-order valence-corrected chi connectivity index (χ2v) is 12.3. The van der Waals surface area contributed by atoms with Crippen LogP contribution in [0.15, 0.2) is 24.3 Å². The number of carbonyl (C=O) groups is 2. The lowest BCUT2D eigenvalue weighted by Crippen LogP contribution is -2.36. The molecule has 220 valence electrons. The molecule has 1 aromatic heterocycles. The summed E-state index contributed by atoms with van der Waals surface area (Å²) in [5.41, 5.74) is 2.08. The summed E-state index contributed by atoms with van der Waals surface area (Å²) in [6.07, 6.45) is 25.6. The average molecular weight is 558 g/mol. The Morgan fingerprint density at radius 1 is 0.923 bits per heavy atom. The van der Waals surface area contributed by atoms with Crippen LogP contribution >= 0.6 is 11.3 Å². The molecule has 2 rings (SSSR count). The SMILES string of the molecule is CCCCC/C=C\C/C=C\CCCCCCCC(=O)N1CCc2c(sc(CC)c2C(=O)NCCCN(C)C)C1. The van der Waals surface area contributed by atoms with Crippen LogP contribution < -0.4 is 5.32 Å². The lowest BCUT2D eigenvalue weighted by Gasteiger charge is -2.27. The van der Waals surface area contributed by atoms with E-state index in [1.54, 1.807) is 11.3 Å². The summed E-state index contributed by atoms with van der Waals surface area (Å²) in [7, 11) is 4.10. The van der Waals surface area contributed by atoms with Crippen LogP contribution in [0.5, 0.6) is 0 Å². The fourth-order valence-electron chi connectivity index (χ4n) is 5.12. The van der Waals surface area contributed by atoms with Gasteiger partial charge in [-0.15, -0.1) is 11.3 Å². The van der Waals surface area contributed by atoms with Crippen LogP contribution in [0, 0.1) is 0 Å². The lowest BCUT2D eigenvalue weighted by atomic mass is 9.99. The van der Waals surface area contributed by atoms with Crippen molar-refractivity contribution in [2.24, 2.45) is 0 Å². The topological polar surface area (TPSA) is 52.7 Å². The van der Waals surface area contributed by atoms with Crippen molar-refractivity contribution >= 4 is 23.2 Å². The number of hydrogen-bond acceptors (Lipinski definition) is 4. The van der Waals surface area contributed by atoms with Crippen LogP contribution in [-0.4, -0.2) is 55.3 Å². The van der Waals surface area contributed by atoms with E-state index >= 15 is 0 Å². The number of nitrogens with one attached hydrogen (secondary N) is 1. The van der Waals surface area contributed by atoms with E-state index in [1.165, 1.54) is 55.4 Å². The van der Waals surface area contributed by atoms with Crippen molar-refractivity contribution in [1.29, 1.82) is 0 Å². The maximum atomic E-state index is 13.0. The minimum atomic E-state index is 0.0630. The summed E-state index contributed by atoms with van der Waals surface area (Å²) < 4.78 is 0. The molecule has 0 aliphatic carbocycles. The molecular formula is C33H55N3O2S. The molecule has 39 heavy (non-hydrogen) atoms. The minimum Gasteiger partial charge on any atom is -0.352 e. The molecule has 1 N–H and O–H groups in total. The third-order valence-corrected chi connectivity index (χ3v) is 8.80. The van der Waals surface area contributed by atoms with Crippen LogP contribution in [-0.2, 0) is 24.2 Å². The molecule has 2 heterocycles. The highest BCUT2D eigenvalue weighted by molar-refractivity contribution is 7.12. The number of carbonyl (C=O) groups excluding carboxylic acids is 2. The van der Waals surface area contributed by atoms with Crippen molar-refractivity contribution in [3.63, 3.8) is 0 Å². The first kappa shape index (κ1) is 33.3. The smallest absolute Gasteiger partial charge is 0.252 e. The van der Waals surface area contributed by atoms with Gasteiger partial charge in [0.15, 0.2) is 0 Å². The van der Waals surface area contributed by atoms with Crippen LogP contribution in [0.4, 0.5) is 0 Å². The molecule has 0 saturated heterocycles. The monoisotopic (exact) mass is 557 g/mol. The number of amides is 2. The van der Waals surface area contributed by atoms with Gasteiger partial charge in [0.05, 0.1) is 12.1 Å². The van der Waals surface area contributed by atoms with Crippen LogP contribution in [0.3, 0.4) is 0 Å². The van der Waals surface area contributed by atoms with Crippen molar-refractivity contribution in [3.8, 4) is 0 Å². The summed E-state index contributed by atoms with van der Waals surface area (Å²) >= 11 is 1.73. The average Bonchev–Trinajstić information content (AvgIpc) is 3.31. The van der Waals surface area contributed by atoms with Crippen LogP contribution in [0.1, 0.15) is 123 Å². The lowest BCUT2D eigenvalue weighted by molar-refractivity contribution is -0.132. The number of allylic oxidation sites excluding steroid dienone is 4. The predicted octanol–water partition coefficient (Wildman–Crippen LogP) is 7.69. The number of aryl methyl sites for hydroxylation is 1. The molecule has 0 spiro atoms. The van der Waals surface area contributed by atoms with Crippen molar-refractivity contribution in [2.75, 3.05) is 33.7 Å². The van der Waals surface area contributed by atoms with Gasteiger partial charge < -0.3 is 15.1 Å². The van der Waals surface area contributed by atoms with E-state index in [0.717, 1.165) is 68.5 Å². The Morgan fingerprint density at radius 2 is 1.62 bits per heavy atom. The zero-order valence-electron chi connectivity index (χ0n) is 25.4. The van der Waals surface area contributed by atoms with Crippen molar-refractivity contribution in [3.05, 3.63) is 45.2 Å². The Labute approximate surface area is 243 Å². The second-order valence-electron chi connectivity index (χ2n) is 11.1. The standard InChI is InChI=1S/C33H55N3O2S/c1-5-7-8-9-10-11-12-13-14-15-16-17-18-19-20-22-31(37)36-26-23-28-30(27-36)39-29(6-2)32(28)33(38)34-24-21-25-35(3)4/h10-11,13-14H,5-9,12,15-27H2,1-4H3,(H,34,38)/b11-10-,14-13-. The predicted molar refractivity (Wildman–Crippen MR) is 168 cm³/mol. The largest absolute Gasteiger partial charge is 0.352 e. The number of fused-ring (bicyclic) bond motifs is 1. The van der Waals surface area contributed by atoms with Gasteiger partial charge in [0.25, 0.3) is 5.91 Å². The maximum absolute atomic E-state index is 13.0. The summed E-state index contributed by atoms with van der Waals surface area (Å²) in [4.78, 5) is 32.4. The van der Waals surface area contributed by atoms with Crippen LogP contribution in [0.25, 0.3) is 0 Å². The summed E-state index contributed by atoms with van der Waals surface area (Å²) in [6.45, 7) is 7.43. The Kier molecular flexibility index (Phi) is 17.1. The van der Waals surface area contributed by atoms with Crippen molar-refractivity contribution in [2.45, 2.75) is 117 Å². The highest BCUT2D eigenvalue weighted by atomic mass is 32.1. The second kappa shape index (κ2) is 20.0. The summed E-state index contributed by atoms with van der Waals surface area (Å²) in [6, 6.07) is 0. The van der Waals surface area contributed by atoms with Gasteiger partial charge in [-0.3, -0.25) is 9.59 Å². The Balaban J connectivity index is 1.63. The molecule has 0 unspecified atom stereocenters. The maximum Gasteiger partial charge on any atom is 0.252 e. The molecule has 1 aromatic rings. The Hall–Kier alpha value is -1.92. The highest BCUT2D eigenvalue weighted by Gasteiger charge is 2.28. The van der Waals surface area contributed by atoms with Crippen molar-refractivity contribution < 1.29 is 9.59 Å². The molecule has 1 aliphatic heterocycles.